The van der Waals surface area contributed by atoms with Crippen LogP contribution in [0.5, 0.6) is 0 Å². The highest BCUT2D eigenvalue weighted by Crippen LogP contribution is 2.21. The summed E-state index contributed by atoms with van der Waals surface area (Å²) < 4.78 is 0. The van der Waals surface area contributed by atoms with Crippen molar-refractivity contribution in [1.29, 1.82) is 0 Å². The van der Waals surface area contributed by atoms with Gasteiger partial charge in [-0.3, -0.25) is 0 Å². The lowest BCUT2D eigenvalue weighted by Gasteiger charge is -2.15. The van der Waals surface area contributed by atoms with Gasteiger partial charge in [0.25, 0.3) is 0 Å². The third-order valence-corrected chi connectivity index (χ3v) is 6.03. The zero-order valence-corrected chi connectivity index (χ0v) is 8.46. The summed E-state index contributed by atoms with van der Waals surface area (Å²) in [4.78, 5) is 0. The number of rotatable bonds is 4. The first-order chi connectivity index (χ1) is 4.12. The summed E-state index contributed by atoms with van der Waals surface area (Å²) in [7, 11) is -1.23. The van der Waals surface area contributed by atoms with Crippen LogP contribution in [0.2, 0.25) is 18.6 Å². The highest BCUT2D eigenvalue weighted by molar-refractivity contribution is 7.19. The van der Waals surface area contributed by atoms with Gasteiger partial charge in [0.15, 0.2) is 7.38 Å². The molecule has 0 amide bonds. The highest BCUT2D eigenvalue weighted by Gasteiger charge is 2.19. The topological polar surface area (TPSA) is 0 Å². The second-order valence-corrected chi connectivity index (χ2v) is 9.64. The van der Waals surface area contributed by atoms with E-state index in [9.17, 15) is 0 Å². The molecule has 1 unspecified atom stereocenters. The minimum Gasteiger partial charge on any atom is -0.167 e. The number of halogens is 1. The molecule has 0 fully saturated rings. The molecule has 0 bridgehead atoms. The molecule has 0 aromatic carbocycles. The standard InChI is InChI=1S/C7H17ClSi/c1-4-6-7-9(3,8)5-2/h4-7H2,1-3H3. The van der Waals surface area contributed by atoms with Gasteiger partial charge in [0.2, 0.25) is 0 Å². The summed E-state index contributed by atoms with van der Waals surface area (Å²) in [5.74, 6) is 0. The van der Waals surface area contributed by atoms with E-state index in [1.54, 1.807) is 0 Å². The molecule has 56 valence electrons. The van der Waals surface area contributed by atoms with Gasteiger partial charge in [0.05, 0.1) is 0 Å². The van der Waals surface area contributed by atoms with Gasteiger partial charge >= 0.3 is 0 Å². The summed E-state index contributed by atoms with van der Waals surface area (Å²) in [5, 5.41) is 0. The lowest BCUT2D eigenvalue weighted by atomic mass is 10.4. The molecule has 2 heteroatoms. The van der Waals surface area contributed by atoms with Crippen molar-refractivity contribution in [2.24, 2.45) is 0 Å². The van der Waals surface area contributed by atoms with Gasteiger partial charge < -0.3 is 0 Å². The third-order valence-electron chi connectivity index (χ3n) is 1.79. The first-order valence-corrected chi connectivity index (χ1v) is 7.74. The average Bonchev–Trinajstić information content (AvgIpc) is 1.84. The zero-order chi connectivity index (χ0) is 7.33. The van der Waals surface area contributed by atoms with Crippen LogP contribution in [0.15, 0.2) is 0 Å². The Bertz CT molecular complexity index is 71.3. The van der Waals surface area contributed by atoms with Crippen LogP contribution >= 0.6 is 11.1 Å². The van der Waals surface area contributed by atoms with Gasteiger partial charge in [0.1, 0.15) is 0 Å². The molecule has 0 saturated carbocycles. The second-order valence-electron chi connectivity index (χ2n) is 2.87. The van der Waals surface area contributed by atoms with Crippen molar-refractivity contribution in [1.82, 2.24) is 0 Å². The molecule has 0 spiro atoms. The maximum absolute atomic E-state index is 6.24. The summed E-state index contributed by atoms with van der Waals surface area (Å²) in [6, 6.07) is 2.51. The van der Waals surface area contributed by atoms with Gasteiger partial charge in [-0.2, -0.15) is 11.1 Å². The van der Waals surface area contributed by atoms with Crippen molar-refractivity contribution < 1.29 is 0 Å². The van der Waals surface area contributed by atoms with Crippen LogP contribution < -0.4 is 0 Å². The monoisotopic (exact) mass is 164 g/mol. The van der Waals surface area contributed by atoms with Crippen molar-refractivity contribution in [2.75, 3.05) is 0 Å². The molecule has 0 aromatic rings. The van der Waals surface area contributed by atoms with Crippen molar-refractivity contribution in [3.05, 3.63) is 0 Å². The van der Waals surface area contributed by atoms with E-state index in [0.29, 0.717) is 0 Å². The number of hydrogen-bond acceptors (Lipinski definition) is 0. The summed E-state index contributed by atoms with van der Waals surface area (Å²) in [5.41, 5.74) is 0. The summed E-state index contributed by atoms with van der Waals surface area (Å²) in [6.07, 6.45) is 2.61. The molecule has 0 saturated heterocycles. The highest BCUT2D eigenvalue weighted by atomic mass is 35.6. The van der Waals surface area contributed by atoms with Gasteiger partial charge in [-0.05, 0) is 12.1 Å². The van der Waals surface area contributed by atoms with Crippen LogP contribution in [0.1, 0.15) is 26.7 Å². The van der Waals surface area contributed by atoms with Crippen molar-refractivity contribution in [3.8, 4) is 0 Å². The van der Waals surface area contributed by atoms with E-state index in [-0.39, 0.29) is 0 Å². The Hall–Kier alpha value is 0.507. The molecule has 9 heavy (non-hydrogen) atoms. The van der Waals surface area contributed by atoms with Gasteiger partial charge in [0, 0.05) is 0 Å². The van der Waals surface area contributed by atoms with E-state index >= 15 is 0 Å². The molecule has 0 N–H and O–H groups in total. The SMILES string of the molecule is CCCC[Si](C)(Cl)CC. The maximum Gasteiger partial charge on any atom is 0.153 e. The number of unbranched alkanes of at least 4 members (excludes halogenated alkanes) is 1. The first-order valence-electron chi connectivity index (χ1n) is 3.81. The van der Waals surface area contributed by atoms with Crippen LogP contribution in [-0.2, 0) is 0 Å². The van der Waals surface area contributed by atoms with Crippen LogP contribution in [0.25, 0.3) is 0 Å². The van der Waals surface area contributed by atoms with E-state index in [4.69, 9.17) is 11.1 Å². The Morgan fingerprint density at radius 1 is 1.33 bits per heavy atom. The first kappa shape index (κ1) is 9.51. The molecule has 0 aromatic heterocycles. The molecule has 0 radical (unpaired) electrons. The molecule has 0 aliphatic rings. The van der Waals surface area contributed by atoms with Gasteiger partial charge in [-0.15, -0.1) is 0 Å². The van der Waals surface area contributed by atoms with Crippen LogP contribution in [0, 0.1) is 0 Å². The summed E-state index contributed by atoms with van der Waals surface area (Å²) in [6.45, 7) is 6.68. The Labute approximate surface area is 64.3 Å². The molecular formula is C7H17ClSi. The Kier molecular flexibility index (Phi) is 4.59. The van der Waals surface area contributed by atoms with Gasteiger partial charge in [-0.25, -0.2) is 0 Å². The van der Waals surface area contributed by atoms with Crippen LogP contribution in [0.3, 0.4) is 0 Å². The summed E-state index contributed by atoms with van der Waals surface area (Å²) >= 11 is 6.24. The molecule has 0 aliphatic carbocycles. The minimum absolute atomic E-state index is 1.22. The zero-order valence-electron chi connectivity index (χ0n) is 6.71. The van der Waals surface area contributed by atoms with Crippen molar-refractivity contribution in [2.45, 2.75) is 45.3 Å². The average molecular weight is 165 g/mol. The molecule has 0 aliphatic heterocycles. The van der Waals surface area contributed by atoms with Crippen LogP contribution in [-0.4, -0.2) is 7.38 Å². The van der Waals surface area contributed by atoms with Crippen molar-refractivity contribution in [3.63, 3.8) is 0 Å². The van der Waals surface area contributed by atoms with Crippen molar-refractivity contribution >= 4 is 18.5 Å². The van der Waals surface area contributed by atoms with Gasteiger partial charge in [-0.1, -0.05) is 33.2 Å². The second kappa shape index (κ2) is 4.34. The lowest BCUT2D eigenvalue weighted by molar-refractivity contribution is 0.869. The van der Waals surface area contributed by atoms with E-state index in [0.717, 1.165) is 0 Å². The fourth-order valence-electron chi connectivity index (χ4n) is 0.722. The molecule has 0 heterocycles. The van der Waals surface area contributed by atoms with Crippen LogP contribution in [0.4, 0.5) is 0 Å². The predicted octanol–water partition coefficient (Wildman–Crippen LogP) is 3.62. The molecule has 0 nitrogen and oxygen atoms in total. The fourth-order valence-corrected chi connectivity index (χ4v) is 2.57. The minimum atomic E-state index is -1.23. The maximum atomic E-state index is 6.24. The smallest absolute Gasteiger partial charge is 0.153 e. The van der Waals surface area contributed by atoms with E-state index in [1.807, 2.05) is 0 Å². The van der Waals surface area contributed by atoms with E-state index < -0.39 is 7.38 Å². The lowest BCUT2D eigenvalue weighted by Crippen LogP contribution is -2.19. The predicted molar refractivity (Wildman–Crippen MR) is 47.7 cm³/mol. The number of hydrogen-bond donors (Lipinski definition) is 0. The quantitative estimate of drug-likeness (QED) is 0.440. The molecule has 1 atom stereocenters. The fraction of sp³-hybridized carbons (Fsp3) is 1.00. The van der Waals surface area contributed by atoms with E-state index in [2.05, 4.69) is 20.4 Å². The Morgan fingerprint density at radius 2 is 1.89 bits per heavy atom. The largest absolute Gasteiger partial charge is 0.167 e. The Balaban J connectivity index is 3.33. The van der Waals surface area contributed by atoms with E-state index in [1.165, 1.54) is 24.9 Å². The molecule has 0 rings (SSSR count). The normalized spacial score (nSPS) is 17.3. The third kappa shape index (κ3) is 4.98. The Morgan fingerprint density at radius 3 is 2.22 bits per heavy atom. The molecular weight excluding hydrogens is 148 g/mol.